The number of benzene rings is 3. The van der Waals surface area contributed by atoms with Crippen molar-refractivity contribution in [3.05, 3.63) is 78.4 Å². The Kier molecular flexibility index (Phi) is 5.81. The topological polar surface area (TPSA) is 39.7 Å². The molecule has 0 unspecified atom stereocenters. The molecular weight excluding hydrogens is 395 g/mol. The van der Waals surface area contributed by atoms with Gasteiger partial charge in [0.05, 0.1) is 0 Å². The molecule has 3 aromatic rings. The lowest BCUT2D eigenvalue weighted by molar-refractivity contribution is -0.275. The maximum absolute atomic E-state index is 13.0. The second kappa shape index (κ2) is 8.67. The van der Waals surface area contributed by atoms with Crippen LogP contribution >= 0.6 is 0 Å². The first-order valence-electron chi connectivity index (χ1n) is 9.51. The summed E-state index contributed by atoms with van der Waals surface area (Å²) in [5.74, 6) is 0.256. The molecule has 0 radical (unpaired) electrons. The zero-order valence-electron chi connectivity index (χ0n) is 16.0. The van der Waals surface area contributed by atoms with Crippen molar-refractivity contribution in [3.63, 3.8) is 0 Å². The number of alkyl halides is 3. The molecule has 4 nitrogen and oxygen atoms in total. The monoisotopic (exact) mass is 415 g/mol. The Morgan fingerprint density at radius 2 is 1.57 bits per heavy atom. The van der Waals surface area contributed by atoms with Crippen molar-refractivity contribution in [2.45, 2.75) is 19.1 Å². The van der Waals surface area contributed by atoms with Gasteiger partial charge in [-0.05, 0) is 29.3 Å². The fourth-order valence-corrected chi connectivity index (χ4v) is 3.07. The Labute approximate surface area is 172 Å². The average molecular weight is 415 g/mol. The van der Waals surface area contributed by atoms with Crippen molar-refractivity contribution >= 4 is 0 Å². The first-order chi connectivity index (χ1) is 14.5. The highest BCUT2D eigenvalue weighted by Crippen LogP contribution is 2.39. The van der Waals surface area contributed by atoms with E-state index in [4.69, 9.17) is 9.47 Å². The molecule has 7 heteroatoms. The molecule has 1 fully saturated rings. The third-order valence-electron chi connectivity index (χ3n) is 4.64. The highest BCUT2D eigenvalue weighted by molar-refractivity contribution is 5.73. The van der Waals surface area contributed by atoms with Gasteiger partial charge in [0, 0.05) is 18.7 Å². The summed E-state index contributed by atoms with van der Waals surface area (Å²) < 4.78 is 54.7. The van der Waals surface area contributed by atoms with Crippen LogP contribution in [0.1, 0.15) is 5.56 Å². The summed E-state index contributed by atoms with van der Waals surface area (Å²) in [5.41, 5.74) is 2.19. The van der Waals surface area contributed by atoms with E-state index < -0.39 is 6.36 Å². The van der Waals surface area contributed by atoms with Crippen molar-refractivity contribution in [3.8, 4) is 28.4 Å². The minimum absolute atomic E-state index is 0.0604. The number of para-hydroxylation sites is 1. The summed E-state index contributed by atoms with van der Waals surface area (Å²) in [5, 5.41) is 3.02. The number of rotatable bonds is 7. The van der Waals surface area contributed by atoms with Crippen molar-refractivity contribution in [1.29, 1.82) is 0 Å². The molecule has 0 bridgehead atoms. The van der Waals surface area contributed by atoms with E-state index in [0.29, 0.717) is 36.6 Å². The average Bonchev–Trinajstić information content (AvgIpc) is 2.70. The van der Waals surface area contributed by atoms with Crippen molar-refractivity contribution in [1.82, 2.24) is 5.32 Å². The number of ether oxygens (including phenoxy) is 3. The number of hydrogen-bond acceptors (Lipinski definition) is 4. The molecule has 1 N–H and O–H groups in total. The van der Waals surface area contributed by atoms with Gasteiger partial charge in [0.2, 0.25) is 0 Å². The fraction of sp³-hybridized carbons (Fsp3) is 0.217. The summed E-state index contributed by atoms with van der Waals surface area (Å²) in [6, 6.07) is 21.4. The molecule has 3 aromatic carbocycles. The van der Waals surface area contributed by atoms with Crippen LogP contribution in [0.25, 0.3) is 11.1 Å². The van der Waals surface area contributed by atoms with E-state index >= 15 is 0 Å². The Bertz CT molecular complexity index is 988. The predicted molar refractivity (Wildman–Crippen MR) is 107 cm³/mol. The smallest absolute Gasteiger partial charge is 0.488 e. The first kappa shape index (κ1) is 20.1. The molecule has 0 spiro atoms. The Morgan fingerprint density at radius 1 is 0.833 bits per heavy atom. The third kappa shape index (κ3) is 5.04. The quantitative estimate of drug-likeness (QED) is 0.577. The van der Waals surface area contributed by atoms with E-state index in [1.54, 1.807) is 24.3 Å². The van der Waals surface area contributed by atoms with Crippen LogP contribution in [0.15, 0.2) is 72.8 Å². The van der Waals surface area contributed by atoms with E-state index in [-0.39, 0.29) is 17.6 Å². The second-order valence-electron chi connectivity index (χ2n) is 6.88. The SMILES string of the molecule is FC(F)(F)Oc1cc(-c2ccccc2OCc2ccccc2)ccc1OC1CNC1. The maximum atomic E-state index is 13.0. The van der Waals surface area contributed by atoms with E-state index in [2.05, 4.69) is 10.1 Å². The van der Waals surface area contributed by atoms with Crippen LogP contribution in [0.4, 0.5) is 13.2 Å². The van der Waals surface area contributed by atoms with Gasteiger partial charge in [0.15, 0.2) is 11.5 Å². The Hall–Kier alpha value is -3.19. The van der Waals surface area contributed by atoms with E-state index in [1.165, 1.54) is 12.1 Å². The molecular formula is C23H20F3NO3. The zero-order chi connectivity index (χ0) is 21.0. The van der Waals surface area contributed by atoms with Gasteiger partial charge in [-0.1, -0.05) is 54.6 Å². The van der Waals surface area contributed by atoms with Gasteiger partial charge in [-0.25, -0.2) is 0 Å². The number of nitrogens with one attached hydrogen (secondary N) is 1. The summed E-state index contributed by atoms with van der Waals surface area (Å²) in [6.45, 7) is 1.52. The van der Waals surface area contributed by atoms with Gasteiger partial charge in [0.1, 0.15) is 18.5 Å². The molecule has 0 saturated carbocycles. The van der Waals surface area contributed by atoms with Gasteiger partial charge in [-0.15, -0.1) is 13.2 Å². The fourth-order valence-electron chi connectivity index (χ4n) is 3.07. The molecule has 1 aliphatic heterocycles. The third-order valence-corrected chi connectivity index (χ3v) is 4.64. The molecule has 4 rings (SSSR count). The van der Waals surface area contributed by atoms with Crippen molar-refractivity contribution in [2.75, 3.05) is 13.1 Å². The summed E-state index contributed by atoms with van der Waals surface area (Å²) >= 11 is 0. The molecule has 1 heterocycles. The standard InChI is InChI=1S/C23H20F3NO3/c24-23(25,26)30-22-12-17(10-11-21(22)29-18-13-27-14-18)19-8-4-5-9-20(19)28-15-16-6-2-1-3-7-16/h1-12,18,27H,13-15H2. The van der Waals surface area contributed by atoms with Gasteiger partial charge in [0.25, 0.3) is 0 Å². The summed E-state index contributed by atoms with van der Waals surface area (Å²) in [7, 11) is 0. The lowest BCUT2D eigenvalue weighted by atomic mass is 10.0. The molecule has 0 atom stereocenters. The highest BCUT2D eigenvalue weighted by Gasteiger charge is 2.33. The minimum atomic E-state index is -4.82. The number of halogens is 3. The van der Waals surface area contributed by atoms with Crippen molar-refractivity contribution in [2.24, 2.45) is 0 Å². The van der Waals surface area contributed by atoms with Gasteiger partial charge >= 0.3 is 6.36 Å². The summed E-state index contributed by atoms with van der Waals surface area (Å²) in [6.07, 6.45) is -4.99. The largest absolute Gasteiger partial charge is 0.573 e. The maximum Gasteiger partial charge on any atom is 0.573 e. The van der Waals surface area contributed by atoms with Crippen LogP contribution in [0.5, 0.6) is 17.2 Å². The van der Waals surface area contributed by atoms with Crippen molar-refractivity contribution < 1.29 is 27.4 Å². The van der Waals surface area contributed by atoms with Crippen LogP contribution < -0.4 is 19.5 Å². The summed E-state index contributed by atoms with van der Waals surface area (Å²) in [4.78, 5) is 0. The minimum Gasteiger partial charge on any atom is -0.488 e. The molecule has 0 aliphatic carbocycles. The van der Waals surface area contributed by atoms with Gasteiger partial charge in [-0.3, -0.25) is 0 Å². The van der Waals surface area contributed by atoms with Crippen LogP contribution in [0.3, 0.4) is 0 Å². The second-order valence-corrected chi connectivity index (χ2v) is 6.88. The molecule has 1 aliphatic rings. The molecule has 1 saturated heterocycles. The van der Waals surface area contributed by atoms with E-state index in [1.807, 2.05) is 36.4 Å². The van der Waals surface area contributed by atoms with E-state index in [0.717, 1.165) is 5.56 Å². The van der Waals surface area contributed by atoms with Crippen LogP contribution in [0, 0.1) is 0 Å². The molecule has 156 valence electrons. The van der Waals surface area contributed by atoms with Crippen LogP contribution in [-0.2, 0) is 6.61 Å². The Morgan fingerprint density at radius 3 is 2.27 bits per heavy atom. The van der Waals surface area contributed by atoms with E-state index in [9.17, 15) is 13.2 Å². The Balaban J connectivity index is 1.62. The lowest BCUT2D eigenvalue weighted by Gasteiger charge is -2.28. The molecule has 0 amide bonds. The normalized spacial score (nSPS) is 14.1. The number of hydrogen-bond donors (Lipinski definition) is 1. The first-order valence-corrected chi connectivity index (χ1v) is 9.51. The van der Waals surface area contributed by atoms with Crippen LogP contribution in [0.2, 0.25) is 0 Å². The predicted octanol–water partition coefficient (Wildman–Crippen LogP) is 5.18. The zero-order valence-corrected chi connectivity index (χ0v) is 16.0. The van der Waals surface area contributed by atoms with Gasteiger partial charge in [-0.2, -0.15) is 0 Å². The molecule has 0 aromatic heterocycles. The molecule has 30 heavy (non-hydrogen) atoms. The van der Waals surface area contributed by atoms with Crippen LogP contribution in [-0.4, -0.2) is 25.6 Å². The lowest BCUT2D eigenvalue weighted by Crippen LogP contribution is -2.50. The highest BCUT2D eigenvalue weighted by atomic mass is 19.4. The van der Waals surface area contributed by atoms with Gasteiger partial charge < -0.3 is 19.5 Å².